The number of halogens is 2. The summed E-state index contributed by atoms with van der Waals surface area (Å²) in [5.41, 5.74) is 2.27. The van der Waals surface area contributed by atoms with Crippen molar-refractivity contribution in [2.45, 2.75) is 33.3 Å². The summed E-state index contributed by atoms with van der Waals surface area (Å²) < 4.78 is 6.75. The maximum absolute atomic E-state index is 13.3. The van der Waals surface area contributed by atoms with Crippen LogP contribution in [0.1, 0.15) is 59.7 Å². The molecule has 3 aromatic rings. The van der Waals surface area contributed by atoms with E-state index in [1.165, 1.54) is 6.07 Å². The molecule has 0 aliphatic carbocycles. The molecule has 0 bridgehead atoms. The lowest BCUT2D eigenvalue weighted by molar-refractivity contribution is 0.0239. The topological polar surface area (TPSA) is 104 Å². The summed E-state index contributed by atoms with van der Waals surface area (Å²) in [6, 6.07) is 7.74. The van der Waals surface area contributed by atoms with Crippen molar-refractivity contribution in [3.05, 3.63) is 89.3 Å². The standard InChI is InChI=1S/C25H20Br2O6/c1-10-8-16(28)21(26)19(12(10)3)25(20-13(4)11(2)9-17(29)22(20)27)15-7-5-6-14(23(30)31)18(15)24(32)33-25/h5-9,28-29H,1-4H3,(H,30,31). The number of fused-ring (bicyclic) bond motifs is 1. The number of esters is 1. The molecule has 0 unspecified atom stereocenters. The van der Waals surface area contributed by atoms with Gasteiger partial charge in [-0.25, -0.2) is 9.59 Å². The molecule has 8 heteroatoms. The summed E-state index contributed by atoms with van der Waals surface area (Å²) in [5, 5.41) is 31.1. The summed E-state index contributed by atoms with van der Waals surface area (Å²) in [5.74, 6) is -2.18. The van der Waals surface area contributed by atoms with Gasteiger partial charge in [0.2, 0.25) is 0 Å². The van der Waals surface area contributed by atoms with Crippen LogP contribution in [0.4, 0.5) is 0 Å². The molecule has 3 N–H and O–H groups in total. The predicted molar refractivity (Wildman–Crippen MR) is 129 cm³/mol. The van der Waals surface area contributed by atoms with E-state index in [-0.39, 0.29) is 22.6 Å². The van der Waals surface area contributed by atoms with Crippen LogP contribution in [0.3, 0.4) is 0 Å². The van der Waals surface area contributed by atoms with E-state index in [0.29, 0.717) is 25.6 Å². The Bertz CT molecular complexity index is 1260. The van der Waals surface area contributed by atoms with Crippen molar-refractivity contribution in [3.8, 4) is 11.5 Å². The van der Waals surface area contributed by atoms with Crippen LogP contribution in [0.5, 0.6) is 11.5 Å². The molecular weight excluding hydrogens is 556 g/mol. The first-order valence-corrected chi connectivity index (χ1v) is 11.6. The largest absolute Gasteiger partial charge is 0.507 e. The number of carbonyl (C=O) groups is 2. The molecule has 1 aliphatic rings. The molecule has 170 valence electrons. The van der Waals surface area contributed by atoms with Gasteiger partial charge in [-0.05, 0) is 100 Å². The van der Waals surface area contributed by atoms with Gasteiger partial charge in [-0.15, -0.1) is 0 Å². The van der Waals surface area contributed by atoms with Crippen molar-refractivity contribution < 1.29 is 29.6 Å². The Morgan fingerprint density at radius 2 is 1.39 bits per heavy atom. The van der Waals surface area contributed by atoms with Gasteiger partial charge < -0.3 is 20.1 Å². The van der Waals surface area contributed by atoms with E-state index in [9.17, 15) is 24.9 Å². The lowest BCUT2D eigenvalue weighted by atomic mass is 9.74. The number of benzene rings is 3. The molecule has 33 heavy (non-hydrogen) atoms. The van der Waals surface area contributed by atoms with E-state index in [1.54, 1.807) is 24.3 Å². The highest BCUT2D eigenvalue weighted by atomic mass is 79.9. The molecule has 4 rings (SSSR count). The minimum Gasteiger partial charge on any atom is -0.507 e. The van der Waals surface area contributed by atoms with E-state index < -0.39 is 17.5 Å². The van der Waals surface area contributed by atoms with E-state index in [1.807, 2.05) is 27.7 Å². The number of aromatic hydroxyl groups is 2. The molecule has 0 saturated heterocycles. The number of carbonyl (C=O) groups excluding carboxylic acids is 1. The van der Waals surface area contributed by atoms with Gasteiger partial charge in [-0.2, -0.15) is 0 Å². The third-order valence-corrected chi connectivity index (χ3v) is 7.96. The quantitative estimate of drug-likeness (QED) is 0.330. The SMILES string of the molecule is Cc1cc(O)c(Br)c(C2(c3c(C)c(C)cc(O)c3Br)OC(=O)c3c(C(=O)O)cccc32)c1C. The number of cyclic esters (lactones) is 1. The number of phenolic OH excluding ortho intramolecular Hbond substituents is 2. The third kappa shape index (κ3) is 3.19. The lowest BCUT2D eigenvalue weighted by Gasteiger charge is -2.35. The van der Waals surface area contributed by atoms with E-state index in [4.69, 9.17) is 4.74 Å². The van der Waals surface area contributed by atoms with Gasteiger partial charge in [0.15, 0.2) is 5.60 Å². The summed E-state index contributed by atoms with van der Waals surface area (Å²) in [6.07, 6.45) is 0. The fourth-order valence-corrected chi connectivity index (χ4v) is 5.94. The maximum Gasteiger partial charge on any atom is 0.341 e. The first-order valence-electron chi connectivity index (χ1n) is 10.0. The number of aromatic carboxylic acids is 1. The zero-order chi connectivity index (χ0) is 24.4. The van der Waals surface area contributed by atoms with Crippen LogP contribution in [0, 0.1) is 27.7 Å². The highest BCUT2D eigenvalue weighted by Crippen LogP contribution is 2.56. The summed E-state index contributed by atoms with van der Waals surface area (Å²) in [6.45, 7) is 7.31. The van der Waals surface area contributed by atoms with Crippen molar-refractivity contribution in [2.75, 3.05) is 0 Å². The number of carboxylic acid groups (broad SMARTS) is 1. The Morgan fingerprint density at radius 3 is 1.85 bits per heavy atom. The van der Waals surface area contributed by atoms with Crippen LogP contribution >= 0.6 is 31.9 Å². The molecule has 1 aliphatic heterocycles. The molecule has 0 spiro atoms. The smallest absolute Gasteiger partial charge is 0.341 e. The number of hydrogen-bond donors (Lipinski definition) is 3. The normalized spacial score (nSPS) is 14.2. The van der Waals surface area contributed by atoms with Crippen molar-refractivity contribution in [3.63, 3.8) is 0 Å². The number of ether oxygens (including phenoxy) is 1. The van der Waals surface area contributed by atoms with Crippen LogP contribution in [0.25, 0.3) is 0 Å². The molecular formula is C25H20Br2O6. The molecule has 3 aromatic carbocycles. The number of phenols is 2. The van der Waals surface area contributed by atoms with Crippen LogP contribution < -0.4 is 0 Å². The van der Waals surface area contributed by atoms with E-state index >= 15 is 0 Å². The monoisotopic (exact) mass is 574 g/mol. The third-order valence-electron chi connectivity index (χ3n) is 6.36. The Balaban J connectivity index is 2.31. The zero-order valence-electron chi connectivity index (χ0n) is 18.2. The van der Waals surface area contributed by atoms with Gasteiger partial charge in [0, 0.05) is 16.7 Å². The number of hydrogen-bond acceptors (Lipinski definition) is 5. The van der Waals surface area contributed by atoms with Gasteiger partial charge in [-0.3, -0.25) is 0 Å². The Morgan fingerprint density at radius 1 is 0.909 bits per heavy atom. The highest BCUT2D eigenvalue weighted by molar-refractivity contribution is 9.11. The fraction of sp³-hybridized carbons (Fsp3) is 0.200. The van der Waals surface area contributed by atoms with E-state index in [0.717, 1.165) is 22.3 Å². The van der Waals surface area contributed by atoms with Crippen LogP contribution in [0.2, 0.25) is 0 Å². The second kappa shape index (κ2) is 7.88. The number of aryl methyl sites for hydroxylation is 2. The predicted octanol–water partition coefficient (Wildman–Crippen LogP) is 6.02. The van der Waals surface area contributed by atoms with Gasteiger partial charge in [-0.1, -0.05) is 12.1 Å². The molecule has 0 amide bonds. The highest BCUT2D eigenvalue weighted by Gasteiger charge is 2.54. The Hall–Kier alpha value is -2.84. The Kier molecular flexibility index (Phi) is 5.57. The first-order chi connectivity index (χ1) is 15.4. The molecule has 0 radical (unpaired) electrons. The van der Waals surface area contributed by atoms with Crippen LogP contribution in [-0.4, -0.2) is 27.3 Å². The van der Waals surface area contributed by atoms with E-state index in [2.05, 4.69) is 31.9 Å². The van der Waals surface area contributed by atoms with Crippen molar-refractivity contribution >= 4 is 43.8 Å². The molecule has 0 aromatic heterocycles. The van der Waals surface area contributed by atoms with Gasteiger partial charge in [0.05, 0.1) is 20.1 Å². The van der Waals surface area contributed by atoms with Gasteiger partial charge >= 0.3 is 11.9 Å². The summed E-state index contributed by atoms with van der Waals surface area (Å²) in [7, 11) is 0. The zero-order valence-corrected chi connectivity index (χ0v) is 21.4. The average Bonchev–Trinajstić information content (AvgIpc) is 3.04. The second-order valence-corrected chi connectivity index (χ2v) is 9.74. The fourth-order valence-electron chi connectivity index (χ4n) is 4.56. The number of carboxylic acids is 1. The molecule has 0 atom stereocenters. The first kappa shape index (κ1) is 23.3. The number of rotatable bonds is 3. The second-order valence-electron chi connectivity index (χ2n) is 8.16. The van der Waals surface area contributed by atoms with Crippen LogP contribution in [-0.2, 0) is 10.3 Å². The summed E-state index contributed by atoms with van der Waals surface area (Å²) in [4.78, 5) is 25.3. The minimum absolute atomic E-state index is 0.0583. The lowest BCUT2D eigenvalue weighted by Crippen LogP contribution is -2.33. The minimum atomic E-state index is -1.64. The molecule has 0 saturated carbocycles. The summed E-state index contributed by atoms with van der Waals surface area (Å²) >= 11 is 6.96. The van der Waals surface area contributed by atoms with Crippen LogP contribution in [0.15, 0.2) is 39.3 Å². The average molecular weight is 576 g/mol. The molecule has 6 nitrogen and oxygen atoms in total. The maximum atomic E-state index is 13.3. The van der Waals surface area contributed by atoms with Crippen molar-refractivity contribution in [1.82, 2.24) is 0 Å². The Labute approximate surface area is 207 Å². The van der Waals surface area contributed by atoms with Crippen molar-refractivity contribution in [1.29, 1.82) is 0 Å². The van der Waals surface area contributed by atoms with Gasteiger partial charge in [0.25, 0.3) is 0 Å². The molecule has 1 heterocycles. The van der Waals surface area contributed by atoms with Gasteiger partial charge in [0.1, 0.15) is 11.5 Å². The molecule has 0 fully saturated rings. The van der Waals surface area contributed by atoms with Crippen molar-refractivity contribution in [2.24, 2.45) is 0 Å².